The third kappa shape index (κ3) is 1.18. The van der Waals surface area contributed by atoms with Crippen LogP contribution in [0.15, 0.2) is 11.2 Å². The van der Waals surface area contributed by atoms with Crippen molar-refractivity contribution in [3.05, 3.63) is 11.8 Å². The number of aliphatic imine (C=N–C) groups is 1. The second-order valence-corrected chi connectivity index (χ2v) is 4.95. The maximum Gasteiger partial charge on any atom is 0.335 e. The molecule has 0 saturated heterocycles. The topological polar surface area (TPSA) is 97.3 Å². The van der Waals surface area contributed by atoms with Gasteiger partial charge in [0, 0.05) is 12.6 Å². The number of carbonyl (C=O) groups excluding carboxylic acids is 2. The van der Waals surface area contributed by atoms with Crippen molar-refractivity contribution in [2.75, 3.05) is 6.61 Å². The highest BCUT2D eigenvalue weighted by Gasteiger charge is 2.79. The van der Waals surface area contributed by atoms with Gasteiger partial charge in [-0.1, -0.05) is 0 Å². The van der Waals surface area contributed by atoms with E-state index in [-0.39, 0.29) is 24.4 Å². The molecular formula is C13H12N4O3. The molecule has 0 bridgehead atoms. The van der Waals surface area contributed by atoms with Crippen molar-refractivity contribution in [3.63, 3.8) is 0 Å². The summed E-state index contributed by atoms with van der Waals surface area (Å²) in [7, 11) is 0. The molecule has 0 N–H and O–H groups in total. The number of ether oxygens (including phenoxy) is 1. The molecule has 2 atom stereocenters. The van der Waals surface area contributed by atoms with Crippen molar-refractivity contribution in [1.82, 2.24) is 9.78 Å². The Balaban J connectivity index is 2.19. The van der Waals surface area contributed by atoms with Crippen LogP contribution in [0.1, 0.15) is 25.8 Å². The average molecular weight is 272 g/mol. The van der Waals surface area contributed by atoms with Gasteiger partial charge in [0.05, 0.1) is 12.8 Å². The van der Waals surface area contributed by atoms with E-state index in [0.29, 0.717) is 5.82 Å². The Kier molecular flexibility index (Phi) is 2.36. The van der Waals surface area contributed by atoms with Crippen LogP contribution in [-0.4, -0.2) is 34.4 Å². The lowest BCUT2D eigenvalue weighted by Crippen LogP contribution is -2.41. The highest BCUT2D eigenvalue weighted by atomic mass is 16.5. The van der Waals surface area contributed by atoms with E-state index in [1.54, 1.807) is 6.92 Å². The summed E-state index contributed by atoms with van der Waals surface area (Å²) in [6, 6.07) is 1.97. The van der Waals surface area contributed by atoms with Gasteiger partial charge in [0.15, 0.2) is 11.4 Å². The number of ketones is 1. The standard InChI is InChI=1S/C13H12N4O3/c1-3-20-11(19)13-6-12(13,8(2)18)7-15-10-9(4-14)5-16-17(10)13/h5,7H,3,6H2,1-2H3/t12-,13+/m1/s1. The van der Waals surface area contributed by atoms with Crippen LogP contribution in [-0.2, 0) is 19.9 Å². The van der Waals surface area contributed by atoms with Gasteiger partial charge in [0.25, 0.3) is 0 Å². The molecule has 2 aliphatic rings. The van der Waals surface area contributed by atoms with Crippen molar-refractivity contribution in [3.8, 4) is 6.07 Å². The van der Waals surface area contributed by atoms with E-state index in [0.717, 1.165) is 0 Å². The third-order valence-electron chi connectivity index (χ3n) is 4.02. The van der Waals surface area contributed by atoms with Gasteiger partial charge in [-0.3, -0.25) is 4.79 Å². The lowest BCUT2D eigenvalue weighted by Gasteiger charge is -2.24. The van der Waals surface area contributed by atoms with Gasteiger partial charge in [0.1, 0.15) is 22.8 Å². The first kappa shape index (κ1) is 12.5. The molecule has 1 saturated carbocycles. The van der Waals surface area contributed by atoms with Crippen LogP contribution in [0.25, 0.3) is 0 Å². The molecule has 1 fully saturated rings. The summed E-state index contributed by atoms with van der Waals surface area (Å²) < 4.78 is 6.47. The predicted octanol–water partition coefficient (Wildman–Crippen LogP) is 0.708. The van der Waals surface area contributed by atoms with Gasteiger partial charge >= 0.3 is 5.97 Å². The number of nitriles is 1. The monoisotopic (exact) mass is 272 g/mol. The van der Waals surface area contributed by atoms with Crippen LogP contribution in [0.2, 0.25) is 0 Å². The molecule has 20 heavy (non-hydrogen) atoms. The third-order valence-corrected chi connectivity index (χ3v) is 4.02. The van der Waals surface area contributed by atoms with Crippen LogP contribution in [0.4, 0.5) is 5.82 Å². The number of rotatable bonds is 3. The van der Waals surface area contributed by atoms with E-state index in [1.165, 1.54) is 24.0 Å². The molecule has 0 radical (unpaired) electrons. The summed E-state index contributed by atoms with van der Waals surface area (Å²) in [5, 5.41) is 13.1. The molecule has 1 aliphatic heterocycles. The van der Waals surface area contributed by atoms with Crippen LogP contribution >= 0.6 is 0 Å². The predicted molar refractivity (Wildman–Crippen MR) is 67.4 cm³/mol. The Labute approximate surface area is 114 Å². The molecule has 1 aliphatic carbocycles. The first-order chi connectivity index (χ1) is 9.53. The summed E-state index contributed by atoms with van der Waals surface area (Å²) in [5.41, 5.74) is -1.90. The Bertz CT molecular complexity index is 699. The zero-order valence-electron chi connectivity index (χ0n) is 11.1. The van der Waals surface area contributed by atoms with E-state index >= 15 is 0 Å². The molecule has 0 spiro atoms. The van der Waals surface area contributed by atoms with E-state index in [4.69, 9.17) is 10.00 Å². The van der Waals surface area contributed by atoms with Crippen LogP contribution in [0.3, 0.4) is 0 Å². The number of hydrogen-bond acceptors (Lipinski definition) is 6. The average Bonchev–Trinajstić information content (AvgIpc) is 2.99. The van der Waals surface area contributed by atoms with E-state index in [9.17, 15) is 9.59 Å². The molecule has 2 heterocycles. The van der Waals surface area contributed by atoms with Gasteiger partial charge in [-0.2, -0.15) is 10.4 Å². The summed E-state index contributed by atoms with van der Waals surface area (Å²) in [6.07, 6.45) is 3.09. The summed E-state index contributed by atoms with van der Waals surface area (Å²) in [4.78, 5) is 28.5. The number of Topliss-reactive ketones (excluding diaryl/α,β-unsaturated/α-hetero) is 1. The Morgan fingerprint density at radius 1 is 1.60 bits per heavy atom. The van der Waals surface area contributed by atoms with E-state index in [1.807, 2.05) is 6.07 Å². The van der Waals surface area contributed by atoms with Crippen LogP contribution < -0.4 is 0 Å². The molecule has 1 aromatic heterocycles. The quantitative estimate of drug-likeness (QED) is 0.755. The van der Waals surface area contributed by atoms with Crippen LogP contribution in [0.5, 0.6) is 0 Å². The zero-order chi connectivity index (χ0) is 14.5. The minimum Gasteiger partial charge on any atom is -0.464 e. The maximum atomic E-state index is 12.4. The first-order valence-electron chi connectivity index (χ1n) is 6.25. The molecule has 0 aromatic carbocycles. The fourth-order valence-corrected chi connectivity index (χ4v) is 2.87. The van der Waals surface area contributed by atoms with Crippen LogP contribution in [0, 0.1) is 16.7 Å². The number of fused-ring (bicyclic) bond motifs is 3. The molecule has 0 unspecified atom stereocenters. The summed E-state index contributed by atoms with van der Waals surface area (Å²) in [6.45, 7) is 3.34. The van der Waals surface area contributed by atoms with Crippen molar-refractivity contribution in [1.29, 1.82) is 5.26 Å². The highest BCUT2D eigenvalue weighted by Crippen LogP contribution is 2.64. The highest BCUT2D eigenvalue weighted by molar-refractivity contribution is 6.12. The molecule has 0 amide bonds. The fraction of sp³-hybridized carbons (Fsp3) is 0.462. The minimum absolute atomic E-state index is 0.158. The number of esters is 1. The summed E-state index contributed by atoms with van der Waals surface area (Å²) >= 11 is 0. The second-order valence-electron chi connectivity index (χ2n) is 4.95. The lowest BCUT2D eigenvalue weighted by atomic mass is 9.95. The normalized spacial score (nSPS) is 29.1. The number of hydrogen-bond donors (Lipinski definition) is 0. The van der Waals surface area contributed by atoms with Gasteiger partial charge < -0.3 is 4.74 Å². The first-order valence-corrected chi connectivity index (χ1v) is 6.25. The molecular weight excluding hydrogens is 260 g/mol. The Morgan fingerprint density at radius 2 is 2.35 bits per heavy atom. The minimum atomic E-state index is -1.18. The van der Waals surface area contributed by atoms with E-state index in [2.05, 4.69) is 10.1 Å². The number of nitrogens with zero attached hydrogens (tertiary/aromatic N) is 4. The van der Waals surface area contributed by atoms with Crippen molar-refractivity contribution >= 4 is 23.8 Å². The van der Waals surface area contributed by atoms with Gasteiger partial charge in [-0.25, -0.2) is 14.5 Å². The van der Waals surface area contributed by atoms with Crippen molar-refractivity contribution in [2.45, 2.75) is 25.8 Å². The smallest absolute Gasteiger partial charge is 0.335 e. The molecule has 102 valence electrons. The number of carbonyl (C=O) groups is 2. The van der Waals surface area contributed by atoms with Crippen molar-refractivity contribution < 1.29 is 14.3 Å². The zero-order valence-corrected chi connectivity index (χ0v) is 11.1. The van der Waals surface area contributed by atoms with Gasteiger partial charge in [-0.15, -0.1) is 0 Å². The lowest BCUT2D eigenvalue weighted by molar-refractivity contribution is -0.151. The Hall–Kier alpha value is -2.49. The molecule has 3 rings (SSSR count). The fourth-order valence-electron chi connectivity index (χ4n) is 2.87. The molecule has 7 nitrogen and oxygen atoms in total. The van der Waals surface area contributed by atoms with Crippen molar-refractivity contribution in [2.24, 2.45) is 10.4 Å². The largest absolute Gasteiger partial charge is 0.464 e. The molecule has 7 heteroatoms. The Morgan fingerprint density at radius 3 is 2.95 bits per heavy atom. The van der Waals surface area contributed by atoms with Gasteiger partial charge in [0.2, 0.25) is 0 Å². The maximum absolute atomic E-state index is 12.4. The van der Waals surface area contributed by atoms with E-state index < -0.39 is 16.9 Å². The van der Waals surface area contributed by atoms with Gasteiger partial charge in [-0.05, 0) is 13.8 Å². The SMILES string of the molecule is CCOC(=O)[C@@]12C[C@]1(C(C)=O)C=Nc1c(C#N)cnn12. The summed E-state index contributed by atoms with van der Waals surface area (Å²) in [5.74, 6) is -0.362. The number of aromatic nitrogens is 2. The second kappa shape index (κ2) is 3.76. The molecule has 1 aromatic rings.